The van der Waals surface area contributed by atoms with Gasteiger partial charge in [-0.25, -0.2) is 0 Å². The smallest absolute Gasteiger partial charge is 0.0708 e. The molecule has 0 atom stereocenters. The Morgan fingerprint density at radius 3 is 2.67 bits per heavy atom. The van der Waals surface area contributed by atoms with Gasteiger partial charge in [0.15, 0.2) is 0 Å². The highest BCUT2D eigenvalue weighted by Crippen LogP contribution is 2.23. The first-order chi connectivity index (χ1) is 10.1. The quantitative estimate of drug-likeness (QED) is 0.791. The van der Waals surface area contributed by atoms with Crippen LogP contribution < -0.4 is 5.32 Å². The van der Waals surface area contributed by atoms with Crippen molar-refractivity contribution in [3.63, 3.8) is 0 Å². The number of fused-ring (bicyclic) bond motifs is 1. The van der Waals surface area contributed by atoms with Gasteiger partial charge in [0.1, 0.15) is 0 Å². The van der Waals surface area contributed by atoms with Crippen molar-refractivity contribution in [2.45, 2.75) is 33.7 Å². The second-order valence-electron chi connectivity index (χ2n) is 5.81. The topological polar surface area (TPSA) is 28.2 Å². The Morgan fingerprint density at radius 2 is 1.90 bits per heavy atom. The summed E-state index contributed by atoms with van der Waals surface area (Å²) in [7, 11) is 2.19. The molecule has 3 nitrogen and oxygen atoms in total. The number of aromatic nitrogens is 1. The van der Waals surface area contributed by atoms with Gasteiger partial charge in [0.2, 0.25) is 0 Å². The van der Waals surface area contributed by atoms with E-state index in [1.807, 2.05) is 0 Å². The average Bonchev–Trinajstić information content (AvgIpc) is 2.48. The monoisotopic (exact) mass is 285 g/mol. The number of nitrogens with one attached hydrogen (secondary N) is 1. The van der Waals surface area contributed by atoms with Crippen molar-refractivity contribution in [1.29, 1.82) is 0 Å². The molecule has 0 saturated heterocycles. The van der Waals surface area contributed by atoms with Crippen LogP contribution in [0.2, 0.25) is 0 Å². The largest absolute Gasteiger partial charge is 0.315 e. The molecule has 0 amide bonds. The number of nitrogens with zero attached hydrogens (tertiary/aromatic N) is 2. The van der Waals surface area contributed by atoms with Crippen molar-refractivity contribution in [2.24, 2.45) is 0 Å². The van der Waals surface area contributed by atoms with Crippen LogP contribution in [0, 0.1) is 13.8 Å². The van der Waals surface area contributed by atoms with Gasteiger partial charge in [-0.15, -0.1) is 0 Å². The molecule has 21 heavy (non-hydrogen) atoms. The minimum Gasteiger partial charge on any atom is -0.315 e. The molecular formula is C18H27N3. The predicted molar refractivity (Wildman–Crippen MR) is 90.7 cm³/mol. The summed E-state index contributed by atoms with van der Waals surface area (Å²) in [5.74, 6) is 0. The van der Waals surface area contributed by atoms with Crippen LogP contribution in [-0.2, 0) is 6.54 Å². The third-order valence-electron chi connectivity index (χ3n) is 4.04. The van der Waals surface area contributed by atoms with Gasteiger partial charge in [-0.05, 0) is 51.1 Å². The fraction of sp³-hybridized carbons (Fsp3) is 0.500. The number of pyridine rings is 1. The molecule has 0 aliphatic carbocycles. The fourth-order valence-corrected chi connectivity index (χ4v) is 2.64. The molecule has 114 valence electrons. The first kappa shape index (κ1) is 15.9. The Labute approximate surface area is 128 Å². The van der Waals surface area contributed by atoms with Gasteiger partial charge in [0, 0.05) is 30.7 Å². The van der Waals surface area contributed by atoms with E-state index in [-0.39, 0.29) is 0 Å². The summed E-state index contributed by atoms with van der Waals surface area (Å²) >= 11 is 0. The minimum atomic E-state index is 0.976. The highest BCUT2D eigenvalue weighted by Gasteiger charge is 2.11. The maximum Gasteiger partial charge on any atom is 0.0708 e. The van der Waals surface area contributed by atoms with Crippen molar-refractivity contribution in [3.05, 3.63) is 41.1 Å². The molecule has 1 heterocycles. The summed E-state index contributed by atoms with van der Waals surface area (Å²) in [5, 5.41) is 4.75. The van der Waals surface area contributed by atoms with E-state index in [0.717, 1.165) is 37.4 Å². The Morgan fingerprint density at radius 1 is 1.14 bits per heavy atom. The molecule has 0 aliphatic heterocycles. The van der Waals surface area contributed by atoms with E-state index in [0.29, 0.717) is 0 Å². The molecule has 3 heteroatoms. The zero-order valence-corrected chi connectivity index (χ0v) is 13.7. The SMILES string of the molecule is CCCNCCN(C)Cc1c(C)c(C)nc2ccccc12. The molecule has 1 N–H and O–H groups in total. The van der Waals surface area contributed by atoms with Crippen LogP contribution >= 0.6 is 0 Å². The highest BCUT2D eigenvalue weighted by atomic mass is 15.1. The number of aryl methyl sites for hydroxylation is 1. The van der Waals surface area contributed by atoms with E-state index in [1.54, 1.807) is 0 Å². The summed E-state index contributed by atoms with van der Waals surface area (Å²) in [4.78, 5) is 7.08. The highest BCUT2D eigenvalue weighted by molar-refractivity contribution is 5.83. The summed E-state index contributed by atoms with van der Waals surface area (Å²) in [6.07, 6.45) is 1.19. The van der Waals surface area contributed by atoms with Crippen LogP contribution in [-0.4, -0.2) is 36.6 Å². The Hall–Kier alpha value is -1.45. The predicted octanol–water partition coefficient (Wildman–Crippen LogP) is 3.28. The van der Waals surface area contributed by atoms with Crippen molar-refractivity contribution in [3.8, 4) is 0 Å². The van der Waals surface area contributed by atoms with E-state index in [4.69, 9.17) is 4.98 Å². The summed E-state index contributed by atoms with van der Waals surface area (Å²) in [5.41, 5.74) is 4.98. The Balaban J connectivity index is 2.15. The Kier molecular flexibility index (Phi) is 5.71. The first-order valence-corrected chi connectivity index (χ1v) is 7.87. The molecule has 2 aromatic rings. The number of hydrogen-bond donors (Lipinski definition) is 1. The van der Waals surface area contributed by atoms with Crippen LogP contribution in [0.15, 0.2) is 24.3 Å². The zero-order chi connectivity index (χ0) is 15.2. The van der Waals surface area contributed by atoms with Gasteiger partial charge in [0.25, 0.3) is 0 Å². The van der Waals surface area contributed by atoms with Crippen LogP contribution in [0.1, 0.15) is 30.2 Å². The first-order valence-electron chi connectivity index (χ1n) is 7.87. The lowest BCUT2D eigenvalue weighted by Gasteiger charge is -2.20. The van der Waals surface area contributed by atoms with Crippen molar-refractivity contribution < 1.29 is 0 Å². The van der Waals surface area contributed by atoms with Gasteiger partial charge >= 0.3 is 0 Å². The number of rotatable bonds is 7. The number of benzene rings is 1. The molecule has 0 bridgehead atoms. The van der Waals surface area contributed by atoms with Crippen LogP contribution in [0.25, 0.3) is 10.9 Å². The molecule has 0 aliphatic rings. The zero-order valence-electron chi connectivity index (χ0n) is 13.7. The minimum absolute atomic E-state index is 0.976. The van der Waals surface area contributed by atoms with Crippen LogP contribution in [0.3, 0.4) is 0 Å². The summed E-state index contributed by atoms with van der Waals surface area (Å²) < 4.78 is 0. The normalized spacial score (nSPS) is 11.5. The molecule has 0 fully saturated rings. The maximum atomic E-state index is 4.70. The van der Waals surface area contributed by atoms with E-state index in [9.17, 15) is 0 Å². The van der Waals surface area contributed by atoms with Gasteiger partial charge in [-0.3, -0.25) is 4.98 Å². The van der Waals surface area contributed by atoms with E-state index < -0.39 is 0 Å². The van der Waals surface area contributed by atoms with E-state index in [2.05, 4.69) is 62.3 Å². The summed E-state index contributed by atoms with van der Waals surface area (Å²) in [6.45, 7) is 10.7. The van der Waals surface area contributed by atoms with Crippen molar-refractivity contribution in [2.75, 3.05) is 26.7 Å². The second-order valence-corrected chi connectivity index (χ2v) is 5.81. The molecule has 1 aromatic heterocycles. The van der Waals surface area contributed by atoms with Gasteiger partial charge < -0.3 is 10.2 Å². The average molecular weight is 285 g/mol. The Bertz CT molecular complexity index is 592. The van der Waals surface area contributed by atoms with Crippen LogP contribution in [0.5, 0.6) is 0 Å². The lowest BCUT2D eigenvalue weighted by atomic mass is 10.0. The molecule has 0 radical (unpaired) electrons. The van der Waals surface area contributed by atoms with Gasteiger partial charge in [-0.2, -0.15) is 0 Å². The summed E-state index contributed by atoms with van der Waals surface area (Å²) in [6, 6.07) is 8.46. The lowest BCUT2D eigenvalue weighted by molar-refractivity contribution is 0.325. The molecule has 0 unspecified atom stereocenters. The van der Waals surface area contributed by atoms with Gasteiger partial charge in [0.05, 0.1) is 5.52 Å². The fourth-order valence-electron chi connectivity index (χ4n) is 2.64. The lowest BCUT2D eigenvalue weighted by Crippen LogP contribution is -2.29. The molecule has 0 saturated carbocycles. The van der Waals surface area contributed by atoms with Gasteiger partial charge in [-0.1, -0.05) is 25.1 Å². The number of likely N-dealkylation sites (N-methyl/N-ethyl adjacent to an activating group) is 1. The second kappa shape index (κ2) is 7.53. The third-order valence-corrected chi connectivity index (χ3v) is 4.04. The van der Waals surface area contributed by atoms with E-state index in [1.165, 1.54) is 22.9 Å². The molecule has 1 aromatic carbocycles. The standard InChI is InChI=1S/C18H27N3/c1-5-10-19-11-12-21(4)13-17-14(2)15(3)20-18-9-7-6-8-16(17)18/h6-9,19H,5,10-13H2,1-4H3. The third kappa shape index (κ3) is 4.02. The van der Waals surface area contributed by atoms with Crippen molar-refractivity contribution in [1.82, 2.24) is 15.2 Å². The van der Waals surface area contributed by atoms with Crippen LogP contribution in [0.4, 0.5) is 0 Å². The maximum absolute atomic E-state index is 4.70. The number of hydrogen-bond acceptors (Lipinski definition) is 3. The molecular weight excluding hydrogens is 258 g/mol. The van der Waals surface area contributed by atoms with E-state index >= 15 is 0 Å². The van der Waals surface area contributed by atoms with Crippen molar-refractivity contribution >= 4 is 10.9 Å². The molecule has 0 spiro atoms. The molecule has 2 rings (SSSR count). The number of para-hydroxylation sites is 1.